The number of hydrogen-bond donors (Lipinski definition) is 2. The van der Waals surface area contributed by atoms with Crippen LogP contribution in [-0.4, -0.2) is 27.5 Å². The summed E-state index contributed by atoms with van der Waals surface area (Å²) >= 11 is 0. The van der Waals surface area contributed by atoms with E-state index in [1.54, 1.807) is 16.2 Å². The minimum Gasteiger partial charge on any atom is -0.330 e. The molecular formula is C21H31ClN4O3. The van der Waals surface area contributed by atoms with Crippen molar-refractivity contribution < 1.29 is 9.59 Å². The second-order valence-electron chi connectivity index (χ2n) is 7.62. The summed E-state index contributed by atoms with van der Waals surface area (Å²) < 4.78 is 3.18. The first-order valence-corrected chi connectivity index (χ1v) is 10.3. The van der Waals surface area contributed by atoms with Gasteiger partial charge in [0.25, 0.3) is 0 Å². The second-order valence-corrected chi connectivity index (χ2v) is 7.62. The third kappa shape index (κ3) is 5.08. The van der Waals surface area contributed by atoms with Crippen LogP contribution in [0.4, 0.5) is 0 Å². The summed E-state index contributed by atoms with van der Waals surface area (Å²) in [5, 5.41) is 2.35. The van der Waals surface area contributed by atoms with Crippen LogP contribution in [0.2, 0.25) is 0 Å². The van der Waals surface area contributed by atoms with E-state index in [1.807, 2.05) is 12.1 Å². The Kier molecular flexibility index (Phi) is 8.46. The number of para-hydroxylation sites is 1. The Bertz CT molecular complexity index is 919. The Morgan fingerprint density at radius 1 is 1.07 bits per heavy atom. The van der Waals surface area contributed by atoms with E-state index in [1.165, 1.54) is 19.3 Å². The molecule has 0 radical (unpaired) electrons. The van der Waals surface area contributed by atoms with Crippen LogP contribution in [0.3, 0.4) is 0 Å². The number of carbonyl (C=O) groups is 2. The Labute approximate surface area is 177 Å². The molecule has 3 rings (SSSR count). The topological polar surface area (TPSA) is 99.1 Å². The highest BCUT2D eigenvalue weighted by atomic mass is 35.5. The van der Waals surface area contributed by atoms with Gasteiger partial charge in [-0.05, 0) is 43.9 Å². The van der Waals surface area contributed by atoms with Crippen LogP contribution < -0.4 is 16.7 Å². The summed E-state index contributed by atoms with van der Waals surface area (Å²) in [6.45, 7) is 0.764. The second kappa shape index (κ2) is 10.6. The van der Waals surface area contributed by atoms with Crippen LogP contribution in [0.1, 0.15) is 63.0 Å². The fraction of sp³-hybridized carbons (Fsp3) is 0.571. The van der Waals surface area contributed by atoms with Crippen LogP contribution in [0.5, 0.6) is 0 Å². The van der Waals surface area contributed by atoms with Gasteiger partial charge in [0, 0.05) is 13.5 Å². The van der Waals surface area contributed by atoms with Crippen molar-refractivity contribution in [3.05, 3.63) is 34.2 Å². The van der Waals surface area contributed by atoms with Crippen molar-refractivity contribution in [2.24, 2.45) is 12.8 Å². The van der Waals surface area contributed by atoms with Gasteiger partial charge in [-0.25, -0.2) is 4.79 Å². The highest BCUT2D eigenvalue weighted by molar-refractivity contribution is 6.00. The van der Waals surface area contributed by atoms with Gasteiger partial charge in [-0.3, -0.25) is 24.0 Å². The summed E-state index contributed by atoms with van der Waals surface area (Å²) in [7, 11) is 1.75. The van der Waals surface area contributed by atoms with Gasteiger partial charge in [0.2, 0.25) is 11.8 Å². The number of unbranched alkanes of at least 4 members (excludes halogenated alkanes) is 5. The molecule has 3 N–H and O–H groups in total. The number of piperidine rings is 1. The van der Waals surface area contributed by atoms with Crippen molar-refractivity contribution in [2.75, 3.05) is 6.54 Å². The van der Waals surface area contributed by atoms with Crippen molar-refractivity contribution in [3.8, 4) is 0 Å². The first kappa shape index (κ1) is 23.2. The van der Waals surface area contributed by atoms with Crippen molar-refractivity contribution in [3.63, 3.8) is 0 Å². The third-order valence-electron chi connectivity index (χ3n) is 5.61. The molecule has 1 atom stereocenters. The highest BCUT2D eigenvalue weighted by Crippen LogP contribution is 2.25. The zero-order valence-electron chi connectivity index (χ0n) is 17.0. The lowest BCUT2D eigenvalue weighted by atomic mass is 10.0. The molecule has 1 aromatic carbocycles. The molecule has 1 aliphatic rings. The smallest absolute Gasteiger partial charge is 0.329 e. The number of fused-ring (bicyclic) bond motifs is 1. The SMILES string of the molecule is Cl.Cn1c(=O)n(C2CCC(=O)NC2=O)c2cccc(CCCCCCCCN)c21. The third-order valence-corrected chi connectivity index (χ3v) is 5.61. The maximum Gasteiger partial charge on any atom is 0.329 e. The van der Waals surface area contributed by atoms with E-state index in [0.717, 1.165) is 48.8 Å². The zero-order valence-corrected chi connectivity index (χ0v) is 17.8. The predicted molar refractivity (Wildman–Crippen MR) is 116 cm³/mol. The number of rotatable bonds is 9. The molecule has 2 heterocycles. The first-order valence-electron chi connectivity index (χ1n) is 10.3. The van der Waals surface area contributed by atoms with Gasteiger partial charge >= 0.3 is 5.69 Å². The molecule has 1 aliphatic heterocycles. The summed E-state index contributed by atoms with van der Waals surface area (Å²) in [5.74, 6) is -0.671. The molecular weight excluding hydrogens is 392 g/mol. The Morgan fingerprint density at radius 3 is 2.45 bits per heavy atom. The summed E-state index contributed by atoms with van der Waals surface area (Å²) in [4.78, 5) is 36.7. The molecule has 1 saturated heterocycles. The van der Waals surface area contributed by atoms with E-state index in [-0.39, 0.29) is 30.4 Å². The number of halogens is 1. The van der Waals surface area contributed by atoms with Crippen LogP contribution in [0.15, 0.2) is 23.0 Å². The van der Waals surface area contributed by atoms with Gasteiger partial charge in [0.05, 0.1) is 11.0 Å². The maximum atomic E-state index is 12.9. The van der Waals surface area contributed by atoms with Gasteiger partial charge in [0.15, 0.2) is 0 Å². The molecule has 1 unspecified atom stereocenters. The van der Waals surface area contributed by atoms with E-state index in [4.69, 9.17) is 5.73 Å². The number of imide groups is 1. The first-order chi connectivity index (χ1) is 13.5. The van der Waals surface area contributed by atoms with Gasteiger partial charge in [0.1, 0.15) is 6.04 Å². The fourth-order valence-corrected chi connectivity index (χ4v) is 4.12. The highest BCUT2D eigenvalue weighted by Gasteiger charge is 2.31. The minimum absolute atomic E-state index is 0. The minimum atomic E-state index is -0.633. The number of hydrogen-bond acceptors (Lipinski definition) is 4. The number of carbonyl (C=O) groups excluding carboxylic acids is 2. The molecule has 1 fully saturated rings. The van der Waals surface area contributed by atoms with Crippen molar-refractivity contribution in [1.82, 2.24) is 14.5 Å². The molecule has 29 heavy (non-hydrogen) atoms. The number of nitrogens with two attached hydrogens (primary N) is 1. The van der Waals surface area contributed by atoms with E-state index in [2.05, 4.69) is 11.4 Å². The largest absolute Gasteiger partial charge is 0.330 e. The Hall–Kier alpha value is -2.12. The average molecular weight is 423 g/mol. The van der Waals surface area contributed by atoms with Crippen molar-refractivity contribution in [2.45, 2.75) is 63.8 Å². The molecule has 0 spiro atoms. The summed E-state index contributed by atoms with van der Waals surface area (Å²) in [5.41, 5.74) is 8.10. The molecule has 160 valence electrons. The lowest BCUT2D eigenvalue weighted by molar-refractivity contribution is -0.135. The Balaban J connectivity index is 0.00000300. The van der Waals surface area contributed by atoms with Crippen molar-refractivity contribution in [1.29, 1.82) is 0 Å². The van der Waals surface area contributed by atoms with Crippen LogP contribution in [-0.2, 0) is 23.1 Å². The molecule has 2 aromatic rings. The number of nitrogens with one attached hydrogen (secondary N) is 1. The average Bonchev–Trinajstić information content (AvgIpc) is 2.93. The molecule has 0 aliphatic carbocycles. The van der Waals surface area contributed by atoms with E-state index >= 15 is 0 Å². The molecule has 8 heteroatoms. The maximum absolute atomic E-state index is 12.9. The fourth-order valence-electron chi connectivity index (χ4n) is 4.12. The lowest BCUT2D eigenvalue weighted by Gasteiger charge is -2.21. The number of imidazole rings is 1. The van der Waals surface area contributed by atoms with Gasteiger partial charge in [-0.2, -0.15) is 0 Å². The molecule has 0 bridgehead atoms. The van der Waals surface area contributed by atoms with Gasteiger partial charge < -0.3 is 5.73 Å². The Morgan fingerprint density at radius 2 is 1.76 bits per heavy atom. The number of aromatic nitrogens is 2. The van der Waals surface area contributed by atoms with E-state index in [9.17, 15) is 14.4 Å². The monoisotopic (exact) mass is 422 g/mol. The van der Waals surface area contributed by atoms with Crippen LogP contribution in [0.25, 0.3) is 11.0 Å². The number of aryl methyl sites for hydroxylation is 2. The number of nitrogens with zero attached hydrogens (tertiary/aromatic N) is 2. The molecule has 2 amide bonds. The summed E-state index contributed by atoms with van der Waals surface area (Å²) in [6.07, 6.45) is 8.44. The molecule has 0 saturated carbocycles. The van der Waals surface area contributed by atoms with Crippen LogP contribution in [0, 0.1) is 0 Å². The van der Waals surface area contributed by atoms with Crippen molar-refractivity contribution >= 4 is 35.3 Å². The number of amides is 2. The van der Waals surface area contributed by atoms with E-state index < -0.39 is 11.9 Å². The summed E-state index contributed by atoms with van der Waals surface area (Å²) in [6, 6.07) is 5.26. The zero-order chi connectivity index (χ0) is 20.1. The lowest BCUT2D eigenvalue weighted by Crippen LogP contribution is -2.44. The standard InChI is InChI=1S/C21H30N4O3.ClH/c1-24-19-15(9-6-4-2-3-5-7-14-22)10-8-11-16(19)25(21(24)28)17-12-13-18(26)23-20(17)27;/h8,10-11,17H,2-7,9,12-14,22H2,1H3,(H,23,26,27);1H. The van der Waals surface area contributed by atoms with Gasteiger partial charge in [-0.1, -0.05) is 37.8 Å². The van der Waals surface area contributed by atoms with Gasteiger partial charge in [-0.15, -0.1) is 12.4 Å². The quantitative estimate of drug-likeness (QED) is 0.479. The normalized spacial score (nSPS) is 16.7. The van der Waals surface area contributed by atoms with E-state index in [0.29, 0.717) is 6.42 Å². The molecule has 1 aromatic heterocycles. The van der Waals surface area contributed by atoms with Crippen LogP contribution >= 0.6 is 12.4 Å². The number of benzene rings is 1. The predicted octanol–water partition coefficient (Wildman–Crippen LogP) is 2.58. The molecule has 7 nitrogen and oxygen atoms in total.